The average Bonchev–Trinajstić information content (AvgIpc) is 2.49. The lowest BCUT2D eigenvalue weighted by atomic mass is 9.98. The van der Waals surface area contributed by atoms with Gasteiger partial charge >= 0.3 is 0 Å². The summed E-state index contributed by atoms with van der Waals surface area (Å²) in [7, 11) is 1.74. The quantitative estimate of drug-likeness (QED) is 0.853. The van der Waals surface area contributed by atoms with Crippen LogP contribution in [0.5, 0.6) is 5.75 Å². The second-order valence-corrected chi connectivity index (χ2v) is 5.22. The van der Waals surface area contributed by atoms with Crippen LogP contribution in [0.3, 0.4) is 0 Å². The third-order valence-corrected chi connectivity index (χ3v) is 3.90. The maximum atomic E-state index is 5.37. The molecule has 1 N–H and O–H groups in total. The molecule has 0 aromatic heterocycles. The van der Waals surface area contributed by atoms with Gasteiger partial charge in [0.15, 0.2) is 0 Å². The number of ether oxygens (including phenoxy) is 1. The van der Waals surface area contributed by atoms with Crippen LogP contribution in [0.1, 0.15) is 37.8 Å². The molecule has 19 heavy (non-hydrogen) atoms. The SMILES string of the molecule is CCCCC(c1cccc(OC)c1)N1CCNCC1. The summed E-state index contributed by atoms with van der Waals surface area (Å²) >= 11 is 0. The largest absolute Gasteiger partial charge is 0.497 e. The fourth-order valence-corrected chi connectivity index (χ4v) is 2.80. The van der Waals surface area contributed by atoms with Crippen LogP contribution in [-0.4, -0.2) is 38.2 Å². The van der Waals surface area contributed by atoms with Gasteiger partial charge in [-0.05, 0) is 24.1 Å². The van der Waals surface area contributed by atoms with E-state index in [0.29, 0.717) is 6.04 Å². The molecule has 0 radical (unpaired) electrons. The Balaban J connectivity index is 2.14. The second kappa shape index (κ2) is 7.51. The number of nitrogens with one attached hydrogen (secondary N) is 1. The van der Waals surface area contributed by atoms with Crippen molar-refractivity contribution in [2.75, 3.05) is 33.3 Å². The Morgan fingerprint density at radius 1 is 1.32 bits per heavy atom. The first-order chi connectivity index (χ1) is 9.35. The molecule has 1 atom stereocenters. The molecule has 1 aromatic carbocycles. The summed E-state index contributed by atoms with van der Waals surface area (Å²) in [6, 6.07) is 9.11. The minimum absolute atomic E-state index is 0.539. The Labute approximate surface area is 116 Å². The molecule has 3 nitrogen and oxygen atoms in total. The minimum atomic E-state index is 0.539. The predicted octanol–water partition coefficient (Wildman–Crippen LogP) is 2.83. The van der Waals surface area contributed by atoms with Gasteiger partial charge in [0, 0.05) is 32.2 Å². The first-order valence-corrected chi connectivity index (χ1v) is 7.44. The zero-order valence-electron chi connectivity index (χ0n) is 12.2. The van der Waals surface area contributed by atoms with Crippen molar-refractivity contribution < 1.29 is 4.74 Å². The Morgan fingerprint density at radius 3 is 2.79 bits per heavy atom. The van der Waals surface area contributed by atoms with Crippen molar-refractivity contribution in [3.05, 3.63) is 29.8 Å². The molecule has 1 saturated heterocycles. The molecule has 1 heterocycles. The van der Waals surface area contributed by atoms with Crippen LogP contribution >= 0.6 is 0 Å². The van der Waals surface area contributed by atoms with E-state index >= 15 is 0 Å². The fourth-order valence-electron chi connectivity index (χ4n) is 2.80. The molecular weight excluding hydrogens is 236 g/mol. The molecule has 1 aliphatic heterocycles. The topological polar surface area (TPSA) is 24.5 Å². The molecule has 0 spiro atoms. The van der Waals surface area contributed by atoms with Gasteiger partial charge in [-0.1, -0.05) is 31.9 Å². The van der Waals surface area contributed by atoms with E-state index in [1.807, 2.05) is 6.07 Å². The van der Waals surface area contributed by atoms with Gasteiger partial charge < -0.3 is 10.1 Å². The number of hydrogen-bond acceptors (Lipinski definition) is 3. The number of unbranched alkanes of at least 4 members (excludes halogenated alkanes) is 1. The molecular formula is C16H26N2O. The summed E-state index contributed by atoms with van der Waals surface area (Å²) in [6.07, 6.45) is 3.78. The van der Waals surface area contributed by atoms with Crippen LogP contribution < -0.4 is 10.1 Å². The molecule has 0 saturated carbocycles. The monoisotopic (exact) mass is 262 g/mol. The summed E-state index contributed by atoms with van der Waals surface area (Å²) in [5.41, 5.74) is 1.40. The van der Waals surface area contributed by atoms with Gasteiger partial charge in [0.25, 0.3) is 0 Å². The van der Waals surface area contributed by atoms with Crippen molar-refractivity contribution in [3.63, 3.8) is 0 Å². The van der Waals surface area contributed by atoms with Crippen LogP contribution in [0.25, 0.3) is 0 Å². The van der Waals surface area contributed by atoms with Gasteiger partial charge in [0.1, 0.15) is 5.75 Å². The summed E-state index contributed by atoms with van der Waals surface area (Å²) in [4.78, 5) is 2.61. The molecule has 0 amide bonds. The maximum Gasteiger partial charge on any atom is 0.119 e. The number of hydrogen-bond donors (Lipinski definition) is 1. The van der Waals surface area contributed by atoms with E-state index in [9.17, 15) is 0 Å². The van der Waals surface area contributed by atoms with E-state index in [1.54, 1.807) is 7.11 Å². The highest BCUT2D eigenvalue weighted by molar-refractivity contribution is 5.30. The van der Waals surface area contributed by atoms with E-state index in [0.717, 1.165) is 31.9 Å². The van der Waals surface area contributed by atoms with E-state index in [4.69, 9.17) is 4.74 Å². The fraction of sp³-hybridized carbons (Fsp3) is 0.625. The number of nitrogens with zero attached hydrogens (tertiary/aromatic N) is 1. The van der Waals surface area contributed by atoms with Crippen molar-refractivity contribution in [1.82, 2.24) is 10.2 Å². The lowest BCUT2D eigenvalue weighted by molar-refractivity contribution is 0.163. The Morgan fingerprint density at radius 2 is 2.11 bits per heavy atom. The Hall–Kier alpha value is -1.06. The van der Waals surface area contributed by atoms with Gasteiger partial charge in [-0.25, -0.2) is 0 Å². The third kappa shape index (κ3) is 3.95. The highest BCUT2D eigenvalue weighted by atomic mass is 16.5. The number of piperazine rings is 1. The average molecular weight is 262 g/mol. The normalized spacial score (nSPS) is 18.2. The van der Waals surface area contributed by atoms with Gasteiger partial charge in [0.05, 0.1) is 7.11 Å². The third-order valence-electron chi connectivity index (χ3n) is 3.90. The highest BCUT2D eigenvalue weighted by Gasteiger charge is 2.21. The van der Waals surface area contributed by atoms with E-state index in [-0.39, 0.29) is 0 Å². The molecule has 1 aromatic rings. The summed E-state index contributed by atoms with van der Waals surface area (Å²) in [5, 5.41) is 3.43. The van der Waals surface area contributed by atoms with Crippen LogP contribution in [0.15, 0.2) is 24.3 Å². The Bertz CT molecular complexity index is 375. The van der Waals surface area contributed by atoms with Crippen LogP contribution in [0.4, 0.5) is 0 Å². The first-order valence-electron chi connectivity index (χ1n) is 7.44. The number of rotatable bonds is 6. The molecule has 2 rings (SSSR count). The standard InChI is InChI=1S/C16H26N2O/c1-3-4-8-16(18-11-9-17-10-12-18)14-6-5-7-15(13-14)19-2/h5-7,13,16-17H,3-4,8-12H2,1-2H3. The second-order valence-electron chi connectivity index (χ2n) is 5.22. The van der Waals surface area contributed by atoms with Gasteiger partial charge in [-0.15, -0.1) is 0 Å². The van der Waals surface area contributed by atoms with Crippen molar-refractivity contribution in [2.24, 2.45) is 0 Å². The highest BCUT2D eigenvalue weighted by Crippen LogP contribution is 2.29. The van der Waals surface area contributed by atoms with Gasteiger partial charge in [0.2, 0.25) is 0 Å². The van der Waals surface area contributed by atoms with Crippen molar-refractivity contribution in [1.29, 1.82) is 0 Å². The van der Waals surface area contributed by atoms with Crippen LogP contribution in [-0.2, 0) is 0 Å². The van der Waals surface area contributed by atoms with Crippen molar-refractivity contribution in [2.45, 2.75) is 32.2 Å². The van der Waals surface area contributed by atoms with Gasteiger partial charge in [-0.3, -0.25) is 4.90 Å². The number of benzene rings is 1. The van der Waals surface area contributed by atoms with Crippen LogP contribution in [0.2, 0.25) is 0 Å². The molecule has 1 fully saturated rings. The lowest BCUT2D eigenvalue weighted by Crippen LogP contribution is -2.45. The number of methoxy groups -OCH3 is 1. The van der Waals surface area contributed by atoms with E-state index in [1.165, 1.54) is 24.8 Å². The summed E-state index contributed by atoms with van der Waals surface area (Å²) in [5.74, 6) is 0.967. The summed E-state index contributed by atoms with van der Waals surface area (Å²) < 4.78 is 5.37. The first kappa shape index (κ1) is 14.4. The molecule has 3 heteroatoms. The van der Waals surface area contributed by atoms with Crippen molar-refractivity contribution >= 4 is 0 Å². The summed E-state index contributed by atoms with van der Waals surface area (Å²) in [6.45, 7) is 6.76. The predicted molar refractivity (Wildman–Crippen MR) is 79.7 cm³/mol. The zero-order valence-corrected chi connectivity index (χ0v) is 12.2. The smallest absolute Gasteiger partial charge is 0.119 e. The van der Waals surface area contributed by atoms with Crippen molar-refractivity contribution in [3.8, 4) is 5.75 Å². The maximum absolute atomic E-state index is 5.37. The van der Waals surface area contributed by atoms with Crippen LogP contribution in [0, 0.1) is 0 Å². The van der Waals surface area contributed by atoms with E-state index in [2.05, 4.69) is 35.3 Å². The molecule has 106 valence electrons. The Kier molecular flexibility index (Phi) is 5.67. The molecule has 1 unspecified atom stereocenters. The lowest BCUT2D eigenvalue weighted by Gasteiger charge is -2.35. The van der Waals surface area contributed by atoms with E-state index < -0.39 is 0 Å². The zero-order chi connectivity index (χ0) is 13.5. The minimum Gasteiger partial charge on any atom is -0.497 e. The van der Waals surface area contributed by atoms with Gasteiger partial charge in [-0.2, -0.15) is 0 Å². The molecule has 0 bridgehead atoms. The molecule has 1 aliphatic rings. The molecule has 0 aliphatic carbocycles.